The maximum absolute atomic E-state index is 5.18. The van der Waals surface area contributed by atoms with Gasteiger partial charge in [0.25, 0.3) is 0 Å². The fraction of sp³-hybridized carbons (Fsp3) is 1.00. The highest BCUT2D eigenvalue weighted by molar-refractivity contribution is 4.43. The SMILES string of the molecule is CCOCCCC(C)C. The number of rotatable bonds is 5. The number of hydrogen-bond acceptors (Lipinski definition) is 1. The van der Waals surface area contributed by atoms with Crippen molar-refractivity contribution in [2.45, 2.75) is 33.6 Å². The molecular weight excluding hydrogens is 112 g/mol. The Bertz CT molecular complexity index is 50.5. The van der Waals surface area contributed by atoms with E-state index in [0.717, 1.165) is 19.1 Å². The molecule has 0 saturated heterocycles. The average molecular weight is 130 g/mol. The Hall–Kier alpha value is -0.0400. The summed E-state index contributed by atoms with van der Waals surface area (Å²) in [7, 11) is 0. The quantitative estimate of drug-likeness (QED) is 0.519. The molecule has 0 saturated carbocycles. The summed E-state index contributed by atoms with van der Waals surface area (Å²) in [5.74, 6) is 0.824. The van der Waals surface area contributed by atoms with Crippen LogP contribution in [0.5, 0.6) is 0 Å². The number of hydrogen-bond donors (Lipinski definition) is 0. The highest BCUT2D eigenvalue weighted by atomic mass is 16.5. The Morgan fingerprint density at radius 3 is 2.44 bits per heavy atom. The third-order valence-corrected chi connectivity index (χ3v) is 1.27. The Balaban J connectivity index is 2.75. The molecule has 0 aliphatic heterocycles. The van der Waals surface area contributed by atoms with Gasteiger partial charge in [-0.3, -0.25) is 0 Å². The van der Waals surface area contributed by atoms with E-state index in [-0.39, 0.29) is 0 Å². The van der Waals surface area contributed by atoms with E-state index in [1.807, 2.05) is 6.92 Å². The second-order valence-electron chi connectivity index (χ2n) is 2.73. The zero-order chi connectivity index (χ0) is 7.11. The van der Waals surface area contributed by atoms with E-state index < -0.39 is 0 Å². The molecule has 0 radical (unpaired) electrons. The molecule has 56 valence electrons. The van der Waals surface area contributed by atoms with Gasteiger partial charge in [0, 0.05) is 13.2 Å². The molecule has 0 aliphatic rings. The normalized spacial score (nSPS) is 10.7. The summed E-state index contributed by atoms with van der Waals surface area (Å²) in [6.45, 7) is 8.32. The minimum absolute atomic E-state index is 0.824. The molecule has 0 rings (SSSR count). The molecule has 0 heterocycles. The van der Waals surface area contributed by atoms with Gasteiger partial charge in [-0.05, 0) is 25.7 Å². The summed E-state index contributed by atoms with van der Waals surface area (Å²) in [6, 6.07) is 0. The summed E-state index contributed by atoms with van der Waals surface area (Å²) in [5.41, 5.74) is 0. The molecule has 0 aromatic carbocycles. The van der Waals surface area contributed by atoms with Crippen molar-refractivity contribution in [2.24, 2.45) is 5.92 Å². The lowest BCUT2D eigenvalue weighted by Crippen LogP contribution is -1.95. The fourth-order valence-electron chi connectivity index (χ4n) is 0.738. The van der Waals surface area contributed by atoms with Crippen LogP contribution in [0, 0.1) is 5.92 Å². The third-order valence-electron chi connectivity index (χ3n) is 1.27. The first-order chi connectivity index (χ1) is 4.27. The minimum Gasteiger partial charge on any atom is -0.382 e. The molecule has 0 bridgehead atoms. The molecule has 0 fully saturated rings. The molecule has 0 amide bonds. The average Bonchev–Trinajstić information content (AvgIpc) is 1.80. The van der Waals surface area contributed by atoms with Crippen LogP contribution in [0.1, 0.15) is 33.6 Å². The smallest absolute Gasteiger partial charge is 0.0465 e. The maximum Gasteiger partial charge on any atom is 0.0465 e. The van der Waals surface area contributed by atoms with Crippen LogP contribution >= 0.6 is 0 Å². The molecule has 0 spiro atoms. The van der Waals surface area contributed by atoms with Gasteiger partial charge in [-0.1, -0.05) is 13.8 Å². The van der Waals surface area contributed by atoms with Crippen molar-refractivity contribution < 1.29 is 4.74 Å². The highest BCUT2D eigenvalue weighted by Gasteiger charge is 1.91. The zero-order valence-corrected chi connectivity index (χ0v) is 6.81. The van der Waals surface area contributed by atoms with Crippen LogP contribution < -0.4 is 0 Å². The van der Waals surface area contributed by atoms with Gasteiger partial charge in [0.1, 0.15) is 0 Å². The lowest BCUT2D eigenvalue weighted by atomic mass is 10.1. The first-order valence-electron chi connectivity index (χ1n) is 3.85. The van der Waals surface area contributed by atoms with Crippen molar-refractivity contribution in [3.05, 3.63) is 0 Å². The van der Waals surface area contributed by atoms with Crippen LogP contribution in [0.3, 0.4) is 0 Å². The van der Waals surface area contributed by atoms with Gasteiger partial charge < -0.3 is 4.74 Å². The van der Waals surface area contributed by atoms with Crippen molar-refractivity contribution in [1.29, 1.82) is 0 Å². The molecule has 0 aliphatic carbocycles. The predicted octanol–water partition coefficient (Wildman–Crippen LogP) is 2.46. The Morgan fingerprint density at radius 2 is 2.00 bits per heavy atom. The van der Waals surface area contributed by atoms with E-state index >= 15 is 0 Å². The van der Waals surface area contributed by atoms with Gasteiger partial charge >= 0.3 is 0 Å². The molecule has 0 aromatic rings. The maximum atomic E-state index is 5.18. The lowest BCUT2D eigenvalue weighted by Gasteiger charge is -2.02. The lowest BCUT2D eigenvalue weighted by molar-refractivity contribution is 0.140. The molecular formula is C8H18O. The van der Waals surface area contributed by atoms with Crippen molar-refractivity contribution in [3.63, 3.8) is 0 Å². The standard InChI is InChI=1S/C8H18O/c1-4-9-7-5-6-8(2)3/h8H,4-7H2,1-3H3. The first-order valence-corrected chi connectivity index (χ1v) is 3.85. The molecule has 0 atom stereocenters. The van der Waals surface area contributed by atoms with Gasteiger partial charge in [0.05, 0.1) is 0 Å². The summed E-state index contributed by atoms with van der Waals surface area (Å²) in [4.78, 5) is 0. The van der Waals surface area contributed by atoms with E-state index in [9.17, 15) is 0 Å². The van der Waals surface area contributed by atoms with Crippen molar-refractivity contribution in [3.8, 4) is 0 Å². The molecule has 9 heavy (non-hydrogen) atoms. The van der Waals surface area contributed by atoms with E-state index in [1.165, 1.54) is 12.8 Å². The Labute approximate surface area is 58.4 Å². The van der Waals surface area contributed by atoms with Gasteiger partial charge in [0.2, 0.25) is 0 Å². The van der Waals surface area contributed by atoms with Gasteiger partial charge in [-0.2, -0.15) is 0 Å². The van der Waals surface area contributed by atoms with Crippen LogP contribution in [0.4, 0.5) is 0 Å². The van der Waals surface area contributed by atoms with Crippen LogP contribution in [-0.4, -0.2) is 13.2 Å². The van der Waals surface area contributed by atoms with E-state index in [2.05, 4.69) is 13.8 Å². The molecule has 0 unspecified atom stereocenters. The Morgan fingerprint density at radius 1 is 1.33 bits per heavy atom. The van der Waals surface area contributed by atoms with Gasteiger partial charge in [-0.25, -0.2) is 0 Å². The van der Waals surface area contributed by atoms with E-state index in [1.54, 1.807) is 0 Å². The van der Waals surface area contributed by atoms with Gasteiger partial charge in [0.15, 0.2) is 0 Å². The fourth-order valence-corrected chi connectivity index (χ4v) is 0.738. The van der Waals surface area contributed by atoms with Crippen molar-refractivity contribution in [2.75, 3.05) is 13.2 Å². The predicted molar refractivity (Wildman–Crippen MR) is 40.6 cm³/mol. The summed E-state index contributed by atoms with van der Waals surface area (Å²) < 4.78 is 5.18. The molecule has 1 nitrogen and oxygen atoms in total. The largest absolute Gasteiger partial charge is 0.382 e. The minimum atomic E-state index is 0.824. The summed E-state index contributed by atoms with van der Waals surface area (Å²) in [6.07, 6.45) is 2.51. The van der Waals surface area contributed by atoms with Crippen LogP contribution in [0.25, 0.3) is 0 Å². The van der Waals surface area contributed by atoms with Gasteiger partial charge in [-0.15, -0.1) is 0 Å². The second kappa shape index (κ2) is 6.09. The van der Waals surface area contributed by atoms with Crippen molar-refractivity contribution >= 4 is 0 Å². The summed E-state index contributed by atoms with van der Waals surface area (Å²) >= 11 is 0. The van der Waals surface area contributed by atoms with E-state index in [0.29, 0.717) is 0 Å². The first kappa shape index (κ1) is 8.96. The second-order valence-corrected chi connectivity index (χ2v) is 2.73. The molecule has 1 heteroatoms. The topological polar surface area (TPSA) is 9.23 Å². The highest BCUT2D eigenvalue weighted by Crippen LogP contribution is 2.02. The number of ether oxygens (including phenoxy) is 1. The third kappa shape index (κ3) is 7.96. The monoisotopic (exact) mass is 130 g/mol. The van der Waals surface area contributed by atoms with Crippen molar-refractivity contribution in [1.82, 2.24) is 0 Å². The Kier molecular flexibility index (Phi) is 6.06. The zero-order valence-electron chi connectivity index (χ0n) is 6.81. The van der Waals surface area contributed by atoms with Crippen LogP contribution in [0.2, 0.25) is 0 Å². The van der Waals surface area contributed by atoms with Crippen LogP contribution in [0.15, 0.2) is 0 Å². The molecule has 0 N–H and O–H groups in total. The molecule has 0 aromatic heterocycles. The summed E-state index contributed by atoms with van der Waals surface area (Å²) in [5, 5.41) is 0. The van der Waals surface area contributed by atoms with Crippen LogP contribution in [-0.2, 0) is 4.74 Å². The van der Waals surface area contributed by atoms with E-state index in [4.69, 9.17) is 4.74 Å².